The third kappa shape index (κ3) is 3.14. The van der Waals surface area contributed by atoms with Gasteiger partial charge in [-0.1, -0.05) is 12.1 Å². The van der Waals surface area contributed by atoms with Gasteiger partial charge < -0.3 is 9.31 Å². The minimum atomic E-state index is -0.520. The zero-order valence-corrected chi connectivity index (χ0v) is 14.2. The Hall–Kier alpha value is -1.99. The Balaban J connectivity index is 1.72. The van der Waals surface area contributed by atoms with Crippen LogP contribution in [0.4, 0.5) is 4.39 Å². The first-order valence-electron chi connectivity index (χ1n) is 7.85. The summed E-state index contributed by atoms with van der Waals surface area (Å²) in [6.45, 7) is 7.94. The summed E-state index contributed by atoms with van der Waals surface area (Å²) in [5, 5.41) is 4.19. The number of aromatic nitrogens is 2. The van der Waals surface area contributed by atoms with Crippen LogP contribution in [0, 0.1) is 5.82 Å². The quantitative estimate of drug-likeness (QED) is 0.637. The van der Waals surface area contributed by atoms with Crippen LogP contribution in [0.15, 0.2) is 36.7 Å². The molecule has 2 heterocycles. The molecule has 1 aromatic heterocycles. The minimum Gasteiger partial charge on any atom is -0.399 e. The Bertz CT molecular complexity index is 757. The van der Waals surface area contributed by atoms with E-state index < -0.39 is 24.1 Å². The van der Waals surface area contributed by atoms with Gasteiger partial charge in [-0.05, 0) is 39.8 Å². The van der Waals surface area contributed by atoms with E-state index in [1.807, 2.05) is 27.7 Å². The molecule has 5 nitrogen and oxygen atoms in total. The second-order valence-electron chi connectivity index (χ2n) is 6.99. The monoisotopic (exact) mass is 330 g/mol. The number of rotatable bonds is 4. The molecule has 126 valence electrons. The van der Waals surface area contributed by atoms with Gasteiger partial charge in [0.2, 0.25) is 0 Å². The second kappa shape index (κ2) is 5.83. The predicted molar refractivity (Wildman–Crippen MR) is 88.7 cm³/mol. The fourth-order valence-corrected chi connectivity index (χ4v) is 2.47. The summed E-state index contributed by atoms with van der Waals surface area (Å²) < 4.78 is 26.6. The molecule has 0 atom stereocenters. The van der Waals surface area contributed by atoms with Gasteiger partial charge in [0.15, 0.2) is 5.78 Å². The summed E-state index contributed by atoms with van der Waals surface area (Å²) >= 11 is 0. The number of hydrogen-bond donors (Lipinski definition) is 0. The zero-order chi connectivity index (χ0) is 17.5. The van der Waals surface area contributed by atoms with Crippen LogP contribution in [0.3, 0.4) is 0 Å². The summed E-state index contributed by atoms with van der Waals surface area (Å²) in [5.41, 5.74) is 0.206. The number of benzene rings is 1. The van der Waals surface area contributed by atoms with Gasteiger partial charge in [-0.2, -0.15) is 5.10 Å². The molecule has 3 rings (SSSR count). The highest BCUT2D eigenvalue weighted by Crippen LogP contribution is 2.36. The number of carbonyl (C=O) groups is 1. The molecule has 1 aliphatic rings. The highest BCUT2D eigenvalue weighted by Gasteiger charge is 2.52. The first kappa shape index (κ1) is 16.9. The lowest BCUT2D eigenvalue weighted by Crippen LogP contribution is -2.41. The van der Waals surface area contributed by atoms with Gasteiger partial charge in [0.25, 0.3) is 0 Å². The number of carbonyl (C=O) groups excluding carboxylic acids is 1. The Labute approximate surface area is 140 Å². The Kier molecular flexibility index (Phi) is 4.09. The summed E-state index contributed by atoms with van der Waals surface area (Å²) in [7, 11) is -0.520. The third-order valence-electron chi connectivity index (χ3n) is 4.63. The molecular formula is C17H20BFN2O3. The zero-order valence-electron chi connectivity index (χ0n) is 14.2. The molecule has 0 N–H and O–H groups in total. The van der Waals surface area contributed by atoms with Crippen LogP contribution >= 0.6 is 0 Å². The van der Waals surface area contributed by atoms with E-state index in [0.29, 0.717) is 5.56 Å². The van der Waals surface area contributed by atoms with Crippen molar-refractivity contribution in [2.75, 3.05) is 0 Å². The molecule has 0 radical (unpaired) electrons. The standard InChI is InChI=1S/C17H20BFN2O3/c1-16(2)17(3,4)24-18(23-16)13-9-20-21(10-13)11-15(22)12-6-5-7-14(19)8-12/h5-10H,11H2,1-4H3. The Morgan fingerprint density at radius 1 is 1.25 bits per heavy atom. The lowest BCUT2D eigenvalue weighted by atomic mass is 9.82. The number of hydrogen-bond acceptors (Lipinski definition) is 4. The summed E-state index contributed by atoms with van der Waals surface area (Å²) in [5.74, 6) is -0.641. The van der Waals surface area contributed by atoms with Crippen LogP contribution in [0.5, 0.6) is 0 Å². The molecule has 1 aromatic carbocycles. The van der Waals surface area contributed by atoms with Gasteiger partial charge in [-0.25, -0.2) is 4.39 Å². The highest BCUT2D eigenvalue weighted by atomic mass is 19.1. The average molecular weight is 330 g/mol. The van der Waals surface area contributed by atoms with Crippen LogP contribution in [-0.2, 0) is 15.9 Å². The molecular weight excluding hydrogens is 310 g/mol. The topological polar surface area (TPSA) is 53.4 Å². The van der Waals surface area contributed by atoms with Crippen molar-refractivity contribution in [3.63, 3.8) is 0 Å². The SMILES string of the molecule is CC1(C)OB(c2cnn(CC(=O)c3cccc(F)c3)c2)OC1(C)C. The van der Waals surface area contributed by atoms with Crippen LogP contribution in [-0.4, -0.2) is 33.9 Å². The van der Waals surface area contributed by atoms with Crippen LogP contribution in [0.2, 0.25) is 0 Å². The second-order valence-corrected chi connectivity index (χ2v) is 6.99. The van der Waals surface area contributed by atoms with Crippen LogP contribution in [0.1, 0.15) is 38.1 Å². The van der Waals surface area contributed by atoms with E-state index in [9.17, 15) is 9.18 Å². The maximum atomic E-state index is 13.2. The van der Waals surface area contributed by atoms with Crippen molar-refractivity contribution in [3.05, 3.63) is 48.0 Å². The van der Waals surface area contributed by atoms with E-state index in [1.54, 1.807) is 18.5 Å². The molecule has 24 heavy (non-hydrogen) atoms. The van der Waals surface area contributed by atoms with E-state index in [2.05, 4.69) is 5.10 Å². The number of halogens is 1. The first-order chi connectivity index (χ1) is 11.2. The third-order valence-corrected chi connectivity index (χ3v) is 4.63. The van der Waals surface area contributed by atoms with Crippen molar-refractivity contribution in [3.8, 4) is 0 Å². The molecule has 0 saturated carbocycles. The number of nitrogens with zero attached hydrogens (tertiary/aromatic N) is 2. The number of Topliss-reactive ketones (excluding diaryl/α,β-unsaturated/α-hetero) is 1. The van der Waals surface area contributed by atoms with Gasteiger partial charge in [-0.15, -0.1) is 0 Å². The smallest absolute Gasteiger partial charge is 0.399 e. The molecule has 1 saturated heterocycles. The van der Waals surface area contributed by atoms with Gasteiger partial charge in [0, 0.05) is 23.4 Å². The molecule has 1 aliphatic heterocycles. The molecule has 2 aromatic rings. The van der Waals surface area contributed by atoms with Crippen LogP contribution < -0.4 is 5.46 Å². The van der Waals surface area contributed by atoms with E-state index >= 15 is 0 Å². The summed E-state index contributed by atoms with van der Waals surface area (Å²) in [4.78, 5) is 12.2. The predicted octanol–water partition coefficient (Wildman–Crippen LogP) is 2.20. The van der Waals surface area contributed by atoms with E-state index in [0.717, 1.165) is 5.46 Å². The van der Waals surface area contributed by atoms with Crippen molar-refractivity contribution in [2.24, 2.45) is 0 Å². The fraction of sp³-hybridized carbons (Fsp3) is 0.412. The average Bonchev–Trinajstić information content (AvgIpc) is 3.02. The summed E-state index contributed by atoms with van der Waals surface area (Å²) in [6.07, 6.45) is 3.35. The molecule has 7 heteroatoms. The molecule has 0 aliphatic carbocycles. The largest absolute Gasteiger partial charge is 0.498 e. The van der Waals surface area contributed by atoms with E-state index in [1.165, 1.54) is 22.9 Å². The van der Waals surface area contributed by atoms with Gasteiger partial charge in [0.1, 0.15) is 12.4 Å². The molecule has 0 amide bonds. The van der Waals surface area contributed by atoms with Crippen molar-refractivity contribution in [2.45, 2.75) is 45.4 Å². The first-order valence-corrected chi connectivity index (χ1v) is 7.85. The molecule has 1 fully saturated rings. The molecule has 0 spiro atoms. The fourth-order valence-electron chi connectivity index (χ4n) is 2.47. The van der Waals surface area contributed by atoms with E-state index in [4.69, 9.17) is 9.31 Å². The van der Waals surface area contributed by atoms with Crippen molar-refractivity contribution < 1.29 is 18.5 Å². The minimum absolute atomic E-state index is 0.0307. The van der Waals surface area contributed by atoms with Crippen molar-refractivity contribution in [1.29, 1.82) is 0 Å². The van der Waals surface area contributed by atoms with Crippen LogP contribution in [0.25, 0.3) is 0 Å². The van der Waals surface area contributed by atoms with Crippen molar-refractivity contribution in [1.82, 2.24) is 9.78 Å². The Morgan fingerprint density at radius 2 is 1.92 bits per heavy atom. The lowest BCUT2D eigenvalue weighted by molar-refractivity contribution is 0.00578. The van der Waals surface area contributed by atoms with Gasteiger partial charge in [-0.3, -0.25) is 9.48 Å². The maximum absolute atomic E-state index is 13.2. The van der Waals surface area contributed by atoms with Crippen molar-refractivity contribution >= 4 is 18.4 Å². The van der Waals surface area contributed by atoms with Gasteiger partial charge >= 0.3 is 7.12 Å². The summed E-state index contributed by atoms with van der Waals surface area (Å²) in [6, 6.07) is 5.63. The normalized spacial score (nSPS) is 18.8. The van der Waals surface area contributed by atoms with Gasteiger partial charge in [0.05, 0.1) is 11.2 Å². The molecule has 0 unspecified atom stereocenters. The van der Waals surface area contributed by atoms with E-state index in [-0.39, 0.29) is 12.3 Å². The lowest BCUT2D eigenvalue weighted by Gasteiger charge is -2.32. The number of ketones is 1. The maximum Gasteiger partial charge on any atom is 0.498 e. The Morgan fingerprint density at radius 3 is 2.54 bits per heavy atom. The highest BCUT2D eigenvalue weighted by molar-refractivity contribution is 6.62. The molecule has 0 bridgehead atoms.